The average Bonchev–Trinajstić information content (AvgIpc) is 3.23. The summed E-state index contributed by atoms with van der Waals surface area (Å²) in [7, 11) is 0. The predicted octanol–water partition coefficient (Wildman–Crippen LogP) is 7.35. The first-order valence-corrected chi connectivity index (χ1v) is 12.1. The summed E-state index contributed by atoms with van der Waals surface area (Å²) >= 11 is 3.42. The molecule has 5 rings (SSSR count). The molecule has 168 valence electrons. The summed E-state index contributed by atoms with van der Waals surface area (Å²) in [6.07, 6.45) is 2.02. The maximum Gasteiger partial charge on any atom is 0.255 e. The summed E-state index contributed by atoms with van der Waals surface area (Å²) in [6.45, 7) is 0.860. The molecule has 4 aromatic carbocycles. The molecule has 0 aliphatic carbocycles. The Morgan fingerprint density at radius 1 is 0.853 bits per heavy atom. The van der Waals surface area contributed by atoms with Crippen molar-refractivity contribution in [1.82, 2.24) is 9.55 Å². The first-order valence-electron chi connectivity index (χ1n) is 11.3. The van der Waals surface area contributed by atoms with Gasteiger partial charge in [0.2, 0.25) is 0 Å². The Balaban J connectivity index is 1.44. The summed E-state index contributed by atoms with van der Waals surface area (Å²) < 4.78 is 3.16. The fraction of sp³-hybridized carbons (Fsp3) is 0.103. The molecule has 5 aromatic rings. The molecule has 0 aliphatic rings. The van der Waals surface area contributed by atoms with E-state index >= 15 is 0 Å². The van der Waals surface area contributed by atoms with Crippen LogP contribution in [0.4, 0.5) is 5.69 Å². The molecule has 1 amide bonds. The highest BCUT2D eigenvalue weighted by molar-refractivity contribution is 9.10. The third kappa shape index (κ3) is 4.95. The molecule has 5 heteroatoms. The highest BCUT2D eigenvalue weighted by Crippen LogP contribution is 2.28. The number of fused-ring (bicyclic) bond motifs is 1. The fourth-order valence-electron chi connectivity index (χ4n) is 4.16. The summed E-state index contributed by atoms with van der Waals surface area (Å²) in [5, 5.41) is 3.00. The standard InChI is InChI=1S/C29H24BrN3O/c30-24-15-7-14-23(19-24)29(34)31-25-16-17-27-26(20-25)32-28(22-12-5-2-6-13-22)33(27)18-8-11-21-9-3-1-4-10-21/h1-7,9-10,12-17,19-20H,8,11,18H2,(H,31,34). The maximum absolute atomic E-state index is 12.7. The number of anilines is 1. The van der Waals surface area contributed by atoms with Crippen LogP contribution in [0, 0.1) is 0 Å². The lowest BCUT2D eigenvalue weighted by Gasteiger charge is -2.10. The van der Waals surface area contributed by atoms with E-state index in [0.29, 0.717) is 5.56 Å². The topological polar surface area (TPSA) is 46.9 Å². The van der Waals surface area contributed by atoms with E-state index in [2.05, 4.69) is 62.2 Å². The smallest absolute Gasteiger partial charge is 0.255 e. The molecule has 0 saturated carbocycles. The van der Waals surface area contributed by atoms with Crippen molar-refractivity contribution in [2.45, 2.75) is 19.4 Å². The van der Waals surface area contributed by atoms with Gasteiger partial charge in [-0.1, -0.05) is 82.7 Å². The van der Waals surface area contributed by atoms with Crippen molar-refractivity contribution in [2.24, 2.45) is 0 Å². The number of nitrogens with zero attached hydrogens (tertiary/aromatic N) is 2. The first-order chi connectivity index (χ1) is 16.7. The van der Waals surface area contributed by atoms with Crippen molar-refractivity contribution < 1.29 is 4.79 Å². The summed E-state index contributed by atoms with van der Waals surface area (Å²) in [4.78, 5) is 17.7. The van der Waals surface area contributed by atoms with E-state index in [-0.39, 0.29) is 5.91 Å². The molecule has 0 saturated heterocycles. The molecule has 1 N–H and O–H groups in total. The third-order valence-corrected chi connectivity index (χ3v) is 6.31. The van der Waals surface area contributed by atoms with Crippen LogP contribution in [0.25, 0.3) is 22.4 Å². The monoisotopic (exact) mass is 509 g/mol. The second-order valence-corrected chi connectivity index (χ2v) is 9.13. The van der Waals surface area contributed by atoms with Crippen LogP contribution in [-0.4, -0.2) is 15.5 Å². The van der Waals surface area contributed by atoms with E-state index in [1.807, 2.05) is 60.7 Å². The van der Waals surface area contributed by atoms with E-state index in [4.69, 9.17) is 4.98 Å². The van der Waals surface area contributed by atoms with Crippen LogP contribution in [0.3, 0.4) is 0 Å². The molecule has 1 heterocycles. The van der Waals surface area contributed by atoms with Crippen LogP contribution >= 0.6 is 15.9 Å². The number of hydrogen-bond acceptors (Lipinski definition) is 2. The van der Waals surface area contributed by atoms with Gasteiger partial charge in [-0.2, -0.15) is 0 Å². The first kappa shape index (κ1) is 22.1. The highest BCUT2D eigenvalue weighted by atomic mass is 79.9. The maximum atomic E-state index is 12.7. The minimum atomic E-state index is -0.147. The van der Waals surface area contributed by atoms with Gasteiger partial charge in [0.15, 0.2) is 0 Å². The number of carbonyl (C=O) groups is 1. The lowest BCUT2D eigenvalue weighted by molar-refractivity contribution is 0.102. The fourth-order valence-corrected chi connectivity index (χ4v) is 4.56. The van der Waals surface area contributed by atoms with Crippen molar-refractivity contribution in [3.05, 3.63) is 119 Å². The van der Waals surface area contributed by atoms with Gasteiger partial charge in [0.1, 0.15) is 5.82 Å². The zero-order valence-corrected chi connectivity index (χ0v) is 20.2. The molecule has 0 spiro atoms. The van der Waals surface area contributed by atoms with Crippen molar-refractivity contribution in [3.63, 3.8) is 0 Å². The number of aromatic nitrogens is 2. The number of benzene rings is 4. The summed E-state index contributed by atoms with van der Waals surface area (Å²) in [5.41, 5.74) is 5.68. The van der Waals surface area contributed by atoms with Gasteiger partial charge in [0.25, 0.3) is 5.91 Å². The van der Waals surface area contributed by atoms with E-state index in [1.54, 1.807) is 6.07 Å². The van der Waals surface area contributed by atoms with Crippen LogP contribution in [-0.2, 0) is 13.0 Å². The molecule has 0 aliphatic heterocycles. The lowest BCUT2D eigenvalue weighted by atomic mass is 10.1. The second kappa shape index (κ2) is 10.1. The van der Waals surface area contributed by atoms with Gasteiger partial charge in [-0.15, -0.1) is 0 Å². The molecule has 0 radical (unpaired) electrons. The van der Waals surface area contributed by atoms with Crippen LogP contribution in [0.2, 0.25) is 0 Å². The SMILES string of the molecule is O=C(Nc1ccc2c(c1)nc(-c1ccccc1)n2CCCc1ccccc1)c1cccc(Br)c1. The number of hydrogen-bond donors (Lipinski definition) is 1. The Labute approximate surface area is 207 Å². The van der Waals surface area contributed by atoms with E-state index in [0.717, 1.165) is 52.0 Å². The third-order valence-electron chi connectivity index (χ3n) is 5.81. The van der Waals surface area contributed by atoms with Gasteiger partial charge in [0.05, 0.1) is 11.0 Å². The Kier molecular flexibility index (Phi) is 6.54. The predicted molar refractivity (Wildman–Crippen MR) is 142 cm³/mol. The van der Waals surface area contributed by atoms with Gasteiger partial charge >= 0.3 is 0 Å². The Hall–Kier alpha value is -3.70. The summed E-state index contributed by atoms with van der Waals surface area (Å²) in [6, 6.07) is 34.1. The van der Waals surface area contributed by atoms with Crippen LogP contribution < -0.4 is 5.32 Å². The molecule has 0 unspecified atom stereocenters. The Morgan fingerprint density at radius 3 is 2.38 bits per heavy atom. The number of aryl methyl sites for hydroxylation is 2. The van der Waals surface area contributed by atoms with Crippen molar-refractivity contribution in [3.8, 4) is 11.4 Å². The average molecular weight is 510 g/mol. The van der Waals surface area contributed by atoms with Crippen molar-refractivity contribution in [1.29, 1.82) is 0 Å². The second-order valence-electron chi connectivity index (χ2n) is 8.21. The van der Waals surface area contributed by atoms with Gasteiger partial charge < -0.3 is 9.88 Å². The molecule has 4 nitrogen and oxygen atoms in total. The van der Waals surface area contributed by atoms with E-state index in [1.165, 1.54) is 5.56 Å². The zero-order valence-electron chi connectivity index (χ0n) is 18.6. The van der Waals surface area contributed by atoms with E-state index in [9.17, 15) is 4.79 Å². The van der Waals surface area contributed by atoms with Crippen LogP contribution in [0.5, 0.6) is 0 Å². The van der Waals surface area contributed by atoms with Gasteiger partial charge in [0, 0.05) is 27.8 Å². The normalized spacial score (nSPS) is 11.0. The number of rotatable bonds is 7. The Morgan fingerprint density at radius 2 is 1.62 bits per heavy atom. The van der Waals surface area contributed by atoms with Gasteiger partial charge in [-0.3, -0.25) is 4.79 Å². The minimum absolute atomic E-state index is 0.147. The minimum Gasteiger partial charge on any atom is -0.324 e. The molecule has 34 heavy (non-hydrogen) atoms. The van der Waals surface area contributed by atoms with Gasteiger partial charge in [-0.25, -0.2) is 4.98 Å². The largest absolute Gasteiger partial charge is 0.324 e. The van der Waals surface area contributed by atoms with Gasteiger partial charge in [-0.05, 0) is 54.8 Å². The van der Waals surface area contributed by atoms with Crippen molar-refractivity contribution >= 4 is 38.6 Å². The molecular weight excluding hydrogens is 486 g/mol. The van der Waals surface area contributed by atoms with Crippen LogP contribution in [0.15, 0.2) is 108 Å². The molecular formula is C29H24BrN3O. The number of amides is 1. The zero-order chi connectivity index (χ0) is 23.3. The molecule has 0 atom stereocenters. The molecule has 0 bridgehead atoms. The Bertz CT molecular complexity index is 1430. The number of halogens is 1. The number of imidazole rings is 1. The quantitative estimate of drug-likeness (QED) is 0.249. The number of carbonyl (C=O) groups excluding carboxylic acids is 1. The number of nitrogens with one attached hydrogen (secondary N) is 1. The van der Waals surface area contributed by atoms with Crippen LogP contribution in [0.1, 0.15) is 22.3 Å². The molecule has 1 aromatic heterocycles. The van der Waals surface area contributed by atoms with Crippen molar-refractivity contribution in [2.75, 3.05) is 5.32 Å². The lowest BCUT2D eigenvalue weighted by Crippen LogP contribution is -2.11. The molecule has 0 fully saturated rings. The summed E-state index contributed by atoms with van der Waals surface area (Å²) in [5.74, 6) is 0.797. The highest BCUT2D eigenvalue weighted by Gasteiger charge is 2.14. The van der Waals surface area contributed by atoms with E-state index < -0.39 is 0 Å².